The molecule has 0 saturated carbocycles. The third-order valence-electron chi connectivity index (χ3n) is 10.8. The van der Waals surface area contributed by atoms with Crippen LogP contribution in [0.15, 0.2) is 174 Å². The van der Waals surface area contributed by atoms with Gasteiger partial charge in [0.05, 0.1) is 22.1 Å². The second kappa shape index (κ2) is 11.7. The first-order valence-electron chi connectivity index (χ1n) is 18.4. The van der Waals surface area contributed by atoms with E-state index in [-0.39, 0.29) is 0 Å². The lowest BCUT2D eigenvalue weighted by molar-refractivity contribution is 0.672. The monoisotopic (exact) mass is 720 g/mol. The predicted octanol–water partition coefficient (Wildman–Crippen LogP) is 13.4. The second-order valence-electron chi connectivity index (χ2n) is 14.0. The number of rotatable bonds is 4. The first-order chi connectivity index (χ1) is 27.2. The summed E-state index contributed by atoms with van der Waals surface area (Å²) in [5.74, 6) is 1.88. The van der Waals surface area contributed by atoms with Crippen LogP contribution in [0.25, 0.3) is 115 Å². The lowest BCUT2D eigenvalue weighted by Crippen LogP contribution is -2.00. The maximum Gasteiger partial charge on any atom is 0.164 e. The van der Waals surface area contributed by atoms with Gasteiger partial charge in [0.25, 0.3) is 0 Å². The number of hydrogen-bond acceptors (Lipinski definition) is 5. The maximum absolute atomic E-state index is 6.79. The Morgan fingerprint density at radius 3 is 1.82 bits per heavy atom. The van der Waals surface area contributed by atoms with E-state index in [0.29, 0.717) is 17.5 Å². The molecule has 0 unspecified atom stereocenters. The Bertz CT molecular complexity index is 3430. The summed E-state index contributed by atoms with van der Waals surface area (Å²) in [6.45, 7) is 0. The first kappa shape index (κ1) is 30.3. The Labute approximate surface area is 318 Å². The number of hydrogen-bond donors (Lipinski definition) is 0. The molecule has 0 aliphatic rings. The van der Waals surface area contributed by atoms with Crippen LogP contribution in [0.5, 0.6) is 0 Å². The molecular formula is C49H28N4OS. The standard InChI is InChI=1S/C49H28N4OS/c1-3-13-29(14-4-1)47-50-48(30-15-5-2-6-16-30)52-49(51-47)31-23-24-33-32(25-31)26-41(45-36-19-8-11-21-42(36)54-46(33)45)53-39-20-10-7-17-34(39)37-28-44-38(27-40(37)53)35-18-9-12-22-43(35)55-44/h1-28H. The Morgan fingerprint density at radius 1 is 0.418 bits per heavy atom. The van der Waals surface area contributed by atoms with E-state index in [1.54, 1.807) is 0 Å². The fraction of sp³-hybridized carbons (Fsp3) is 0. The van der Waals surface area contributed by atoms with Crippen LogP contribution in [0, 0.1) is 0 Å². The number of nitrogens with zero attached hydrogens (tertiary/aromatic N) is 4. The zero-order valence-electron chi connectivity index (χ0n) is 29.3. The van der Waals surface area contributed by atoms with Gasteiger partial charge in [-0.25, -0.2) is 15.0 Å². The Hall–Kier alpha value is -7.15. The first-order valence-corrected chi connectivity index (χ1v) is 19.2. The SMILES string of the molecule is c1ccc(-c2nc(-c3ccccc3)nc(-c3ccc4c(c3)cc(-n3c5ccccc5c5cc6sc7ccccc7c6cc53)c3c5ccccc5oc43)n2)cc1. The molecule has 55 heavy (non-hydrogen) atoms. The van der Waals surface area contributed by atoms with Crippen LogP contribution in [0.4, 0.5) is 0 Å². The lowest BCUT2D eigenvalue weighted by Gasteiger charge is -2.13. The molecule has 0 spiro atoms. The molecule has 0 saturated heterocycles. The molecule has 0 N–H and O–H groups in total. The van der Waals surface area contributed by atoms with Gasteiger partial charge in [0, 0.05) is 58.4 Å². The molecule has 12 rings (SSSR count). The molecule has 0 aliphatic carbocycles. The Kier molecular flexibility index (Phi) is 6.44. The summed E-state index contributed by atoms with van der Waals surface area (Å²) < 4.78 is 11.8. The Morgan fingerprint density at radius 2 is 1.05 bits per heavy atom. The molecule has 4 heterocycles. The minimum absolute atomic E-state index is 0.615. The van der Waals surface area contributed by atoms with Gasteiger partial charge in [-0.3, -0.25) is 0 Å². The van der Waals surface area contributed by atoms with Gasteiger partial charge in [-0.1, -0.05) is 121 Å². The fourth-order valence-electron chi connectivity index (χ4n) is 8.30. The van der Waals surface area contributed by atoms with Crippen molar-refractivity contribution in [2.75, 3.05) is 0 Å². The van der Waals surface area contributed by atoms with Crippen molar-refractivity contribution in [1.82, 2.24) is 19.5 Å². The Balaban J connectivity index is 1.16. The number of furan rings is 1. The van der Waals surface area contributed by atoms with Gasteiger partial charge in [-0.05, 0) is 53.9 Å². The smallest absolute Gasteiger partial charge is 0.164 e. The minimum atomic E-state index is 0.615. The van der Waals surface area contributed by atoms with Crippen LogP contribution in [-0.2, 0) is 0 Å². The van der Waals surface area contributed by atoms with E-state index in [9.17, 15) is 0 Å². The van der Waals surface area contributed by atoms with Crippen LogP contribution in [0.1, 0.15) is 0 Å². The molecular weight excluding hydrogens is 693 g/mol. The van der Waals surface area contributed by atoms with Crippen molar-refractivity contribution in [3.63, 3.8) is 0 Å². The number of fused-ring (bicyclic) bond motifs is 11. The van der Waals surface area contributed by atoms with Gasteiger partial charge >= 0.3 is 0 Å². The highest BCUT2D eigenvalue weighted by molar-refractivity contribution is 7.25. The van der Waals surface area contributed by atoms with Gasteiger partial charge < -0.3 is 8.98 Å². The highest BCUT2D eigenvalue weighted by Gasteiger charge is 2.22. The van der Waals surface area contributed by atoms with Gasteiger partial charge in [0.2, 0.25) is 0 Å². The van der Waals surface area contributed by atoms with Crippen LogP contribution in [0.2, 0.25) is 0 Å². The molecule has 0 atom stereocenters. The largest absolute Gasteiger partial charge is 0.455 e. The molecule has 5 nitrogen and oxygen atoms in total. The number of benzene rings is 8. The normalized spacial score (nSPS) is 12.0. The molecule has 0 bridgehead atoms. The van der Waals surface area contributed by atoms with Crippen molar-refractivity contribution in [1.29, 1.82) is 0 Å². The van der Waals surface area contributed by atoms with Crippen molar-refractivity contribution < 1.29 is 4.42 Å². The lowest BCUT2D eigenvalue weighted by atomic mass is 10.0. The summed E-state index contributed by atoms with van der Waals surface area (Å²) >= 11 is 1.86. The van der Waals surface area contributed by atoms with Crippen LogP contribution >= 0.6 is 11.3 Å². The summed E-state index contributed by atoms with van der Waals surface area (Å²) in [6.07, 6.45) is 0. The topological polar surface area (TPSA) is 56.7 Å². The van der Waals surface area contributed by atoms with E-state index in [1.165, 1.54) is 30.9 Å². The van der Waals surface area contributed by atoms with Crippen LogP contribution in [-0.4, -0.2) is 19.5 Å². The van der Waals surface area contributed by atoms with Crippen molar-refractivity contribution in [3.8, 4) is 39.9 Å². The molecule has 12 aromatic rings. The van der Waals surface area contributed by atoms with Gasteiger partial charge in [0.1, 0.15) is 11.2 Å². The highest BCUT2D eigenvalue weighted by Crippen LogP contribution is 2.45. The van der Waals surface area contributed by atoms with E-state index in [0.717, 1.165) is 66.1 Å². The fourth-order valence-corrected chi connectivity index (χ4v) is 9.42. The number of thiophene rings is 1. The van der Waals surface area contributed by atoms with Crippen molar-refractivity contribution in [2.45, 2.75) is 0 Å². The van der Waals surface area contributed by atoms with Crippen LogP contribution < -0.4 is 0 Å². The molecule has 8 aromatic carbocycles. The average molecular weight is 721 g/mol. The van der Waals surface area contributed by atoms with E-state index < -0.39 is 0 Å². The summed E-state index contributed by atoms with van der Waals surface area (Å²) in [4.78, 5) is 15.0. The zero-order valence-corrected chi connectivity index (χ0v) is 30.1. The van der Waals surface area contributed by atoms with E-state index >= 15 is 0 Å². The maximum atomic E-state index is 6.79. The number of para-hydroxylation sites is 2. The van der Waals surface area contributed by atoms with Crippen LogP contribution in [0.3, 0.4) is 0 Å². The van der Waals surface area contributed by atoms with Crippen molar-refractivity contribution >= 4 is 86.0 Å². The van der Waals surface area contributed by atoms with E-state index in [4.69, 9.17) is 19.4 Å². The molecule has 6 heteroatoms. The van der Waals surface area contributed by atoms with E-state index in [2.05, 4.69) is 108 Å². The molecule has 256 valence electrons. The molecule has 4 aromatic heterocycles. The summed E-state index contributed by atoms with van der Waals surface area (Å²) in [5.41, 5.74) is 7.89. The third kappa shape index (κ3) is 4.62. The second-order valence-corrected chi connectivity index (χ2v) is 15.1. The average Bonchev–Trinajstić information content (AvgIpc) is 3.92. The van der Waals surface area contributed by atoms with Crippen molar-refractivity contribution in [3.05, 3.63) is 170 Å². The van der Waals surface area contributed by atoms with Gasteiger partial charge in [0.15, 0.2) is 17.5 Å². The van der Waals surface area contributed by atoms with E-state index in [1.807, 2.05) is 78.1 Å². The molecule has 0 aliphatic heterocycles. The summed E-state index contributed by atoms with van der Waals surface area (Å²) in [7, 11) is 0. The molecule has 0 radical (unpaired) electrons. The quantitative estimate of drug-likeness (QED) is 0.182. The predicted molar refractivity (Wildman–Crippen MR) is 228 cm³/mol. The summed E-state index contributed by atoms with van der Waals surface area (Å²) in [6, 6.07) is 59.6. The molecule has 0 amide bonds. The van der Waals surface area contributed by atoms with Gasteiger partial charge in [-0.15, -0.1) is 11.3 Å². The minimum Gasteiger partial charge on any atom is -0.455 e. The van der Waals surface area contributed by atoms with Crippen molar-refractivity contribution in [2.24, 2.45) is 0 Å². The van der Waals surface area contributed by atoms with Gasteiger partial charge in [-0.2, -0.15) is 0 Å². The third-order valence-corrected chi connectivity index (χ3v) is 11.9. The number of aromatic nitrogens is 4. The summed E-state index contributed by atoms with van der Waals surface area (Å²) in [5, 5.41) is 9.25. The zero-order chi connectivity index (χ0) is 36.0. The highest BCUT2D eigenvalue weighted by atomic mass is 32.1. The molecule has 0 fully saturated rings.